The van der Waals surface area contributed by atoms with Crippen LogP contribution in [0.25, 0.3) is 11.1 Å². The van der Waals surface area contributed by atoms with Gasteiger partial charge in [0.25, 0.3) is 0 Å². The van der Waals surface area contributed by atoms with Crippen molar-refractivity contribution in [3.8, 4) is 16.9 Å². The lowest BCUT2D eigenvalue weighted by Crippen LogP contribution is -2.62. The van der Waals surface area contributed by atoms with Crippen molar-refractivity contribution in [3.05, 3.63) is 52.8 Å². The topological polar surface area (TPSA) is 55.8 Å². The third-order valence-electron chi connectivity index (χ3n) is 8.23. The van der Waals surface area contributed by atoms with Crippen LogP contribution in [-0.4, -0.2) is 47.7 Å². The number of fused-ring (bicyclic) bond motifs is 4. The van der Waals surface area contributed by atoms with E-state index in [-0.39, 0.29) is 23.4 Å². The standard InChI is InChI=1S/C29H37FN2O3/c1-17(2)35-26-7-6-20(12-18(26)3)22-13-21-15-29(4,5)27(23(21)14-24(22)30)32(28(33)34)25-16-31-10-8-19(25)9-11-31/h6-7,12-14,17,19,25,27H,8-11,15-16H2,1-5H3,(H,33,34)/p-1/t25-,27+/m1/s1. The normalized spacial score (nSPS) is 26.6. The maximum Gasteiger partial charge on any atom is 0.137 e. The summed E-state index contributed by atoms with van der Waals surface area (Å²) in [5.41, 5.74) is 3.75. The van der Waals surface area contributed by atoms with Crippen LogP contribution in [0.15, 0.2) is 30.3 Å². The molecule has 0 unspecified atom stereocenters. The molecule has 5 nitrogen and oxygen atoms in total. The van der Waals surface area contributed by atoms with Gasteiger partial charge < -0.3 is 24.4 Å². The van der Waals surface area contributed by atoms with E-state index in [4.69, 9.17) is 4.74 Å². The first-order chi connectivity index (χ1) is 16.5. The number of ether oxygens (including phenoxy) is 1. The minimum atomic E-state index is -1.14. The van der Waals surface area contributed by atoms with E-state index in [0.717, 1.165) is 60.5 Å². The highest BCUT2D eigenvalue weighted by molar-refractivity contribution is 5.70. The lowest BCUT2D eigenvalue weighted by Gasteiger charge is -2.53. The molecule has 188 valence electrons. The molecule has 3 aliphatic heterocycles. The molecular weight excluding hydrogens is 443 g/mol. The second kappa shape index (κ2) is 8.81. The van der Waals surface area contributed by atoms with E-state index in [1.54, 1.807) is 11.0 Å². The van der Waals surface area contributed by atoms with Gasteiger partial charge in [-0.25, -0.2) is 4.39 Å². The Morgan fingerprint density at radius 2 is 1.91 bits per heavy atom. The summed E-state index contributed by atoms with van der Waals surface area (Å²) in [7, 11) is 0. The van der Waals surface area contributed by atoms with Crippen molar-refractivity contribution >= 4 is 6.09 Å². The van der Waals surface area contributed by atoms with Gasteiger partial charge in [0, 0.05) is 18.2 Å². The van der Waals surface area contributed by atoms with Gasteiger partial charge >= 0.3 is 0 Å². The Hall–Kier alpha value is -2.60. The lowest BCUT2D eigenvalue weighted by molar-refractivity contribution is -0.276. The quantitative estimate of drug-likeness (QED) is 0.609. The van der Waals surface area contributed by atoms with Gasteiger partial charge in [-0.3, -0.25) is 0 Å². The molecule has 3 saturated heterocycles. The number of benzene rings is 2. The molecule has 1 amide bonds. The largest absolute Gasteiger partial charge is 0.530 e. The maximum atomic E-state index is 15.6. The molecule has 3 fully saturated rings. The average Bonchev–Trinajstić information content (AvgIpc) is 3.04. The number of carboxylic acid groups (broad SMARTS) is 1. The number of piperidine rings is 3. The third-order valence-corrected chi connectivity index (χ3v) is 8.23. The van der Waals surface area contributed by atoms with Crippen LogP contribution in [-0.2, 0) is 6.42 Å². The molecule has 0 N–H and O–H groups in total. The van der Waals surface area contributed by atoms with Crippen molar-refractivity contribution in [2.45, 2.75) is 72.1 Å². The predicted octanol–water partition coefficient (Wildman–Crippen LogP) is 4.95. The molecule has 4 aliphatic rings. The molecule has 0 aromatic heterocycles. The number of halogens is 1. The van der Waals surface area contributed by atoms with Crippen LogP contribution in [0.5, 0.6) is 5.75 Å². The average molecular weight is 480 g/mol. The van der Waals surface area contributed by atoms with Gasteiger partial charge in [-0.2, -0.15) is 0 Å². The first-order valence-electron chi connectivity index (χ1n) is 12.9. The minimum Gasteiger partial charge on any atom is -0.530 e. The summed E-state index contributed by atoms with van der Waals surface area (Å²) >= 11 is 0. The van der Waals surface area contributed by atoms with Crippen molar-refractivity contribution in [2.75, 3.05) is 19.6 Å². The highest BCUT2D eigenvalue weighted by atomic mass is 19.1. The van der Waals surface area contributed by atoms with Crippen molar-refractivity contribution in [3.63, 3.8) is 0 Å². The van der Waals surface area contributed by atoms with E-state index in [1.165, 1.54) is 0 Å². The second-order valence-corrected chi connectivity index (χ2v) is 11.6. The Morgan fingerprint density at radius 1 is 1.20 bits per heavy atom. The number of hydrogen-bond acceptors (Lipinski definition) is 4. The van der Waals surface area contributed by atoms with Crippen molar-refractivity contribution in [1.82, 2.24) is 9.80 Å². The van der Waals surface area contributed by atoms with Gasteiger partial charge in [0.1, 0.15) is 17.7 Å². The number of nitrogens with zero attached hydrogens (tertiary/aromatic N) is 2. The fourth-order valence-electron chi connectivity index (χ4n) is 6.68. The zero-order chi connectivity index (χ0) is 25.1. The van der Waals surface area contributed by atoms with Gasteiger partial charge in [0.2, 0.25) is 0 Å². The Morgan fingerprint density at radius 3 is 2.49 bits per heavy atom. The monoisotopic (exact) mass is 479 g/mol. The van der Waals surface area contributed by atoms with E-state index in [2.05, 4.69) is 18.7 Å². The van der Waals surface area contributed by atoms with Crippen LogP contribution in [0.2, 0.25) is 0 Å². The number of amides is 1. The summed E-state index contributed by atoms with van der Waals surface area (Å²) in [6.07, 6.45) is 1.64. The van der Waals surface area contributed by atoms with E-state index >= 15 is 4.39 Å². The highest BCUT2D eigenvalue weighted by Gasteiger charge is 2.48. The Balaban J connectivity index is 1.52. The molecular formula is C29H36FN2O3-. The van der Waals surface area contributed by atoms with Gasteiger partial charge in [0.15, 0.2) is 0 Å². The summed E-state index contributed by atoms with van der Waals surface area (Å²) in [5.74, 6) is 0.820. The fraction of sp³-hybridized carbons (Fsp3) is 0.552. The van der Waals surface area contributed by atoms with E-state index in [1.807, 2.05) is 45.0 Å². The van der Waals surface area contributed by atoms with Gasteiger partial charge in [0.05, 0.1) is 12.1 Å². The summed E-state index contributed by atoms with van der Waals surface area (Å²) in [4.78, 5) is 16.5. The molecule has 0 spiro atoms. The highest BCUT2D eigenvalue weighted by Crippen LogP contribution is 2.52. The SMILES string of the molecule is Cc1cc(-c2cc3c(cc2F)[C@H](N(C(=O)[O-])[C@@H]2CN4CCC2CC4)C(C)(C)C3)ccc1OC(C)C. The lowest BCUT2D eigenvalue weighted by atomic mass is 9.79. The van der Waals surface area contributed by atoms with Crippen LogP contribution in [0.3, 0.4) is 0 Å². The Labute approximate surface area is 207 Å². The zero-order valence-electron chi connectivity index (χ0n) is 21.4. The van der Waals surface area contributed by atoms with Crippen LogP contribution >= 0.6 is 0 Å². The molecule has 35 heavy (non-hydrogen) atoms. The van der Waals surface area contributed by atoms with Gasteiger partial charge in [-0.15, -0.1) is 0 Å². The third kappa shape index (κ3) is 4.31. The fourth-order valence-corrected chi connectivity index (χ4v) is 6.68. The van der Waals surface area contributed by atoms with E-state index in [9.17, 15) is 9.90 Å². The van der Waals surface area contributed by atoms with E-state index in [0.29, 0.717) is 17.9 Å². The molecule has 0 saturated carbocycles. The van der Waals surface area contributed by atoms with Crippen molar-refractivity contribution < 1.29 is 19.0 Å². The van der Waals surface area contributed by atoms with Crippen LogP contribution < -0.4 is 9.84 Å². The number of carbonyl (C=O) groups is 1. The molecule has 3 heterocycles. The van der Waals surface area contributed by atoms with Gasteiger partial charge in [-0.05, 0) is 111 Å². The van der Waals surface area contributed by atoms with Crippen LogP contribution in [0.1, 0.15) is 63.3 Å². The Bertz CT molecular complexity index is 1140. The number of carbonyl (C=O) groups excluding carboxylic acids is 1. The number of aryl methyl sites for hydroxylation is 1. The molecule has 2 aromatic rings. The molecule has 2 bridgehead atoms. The summed E-state index contributed by atoms with van der Waals surface area (Å²) in [5, 5.41) is 12.6. The summed E-state index contributed by atoms with van der Waals surface area (Å²) in [6.45, 7) is 12.9. The Kier molecular flexibility index (Phi) is 6.07. The van der Waals surface area contributed by atoms with Crippen LogP contribution in [0.4, 0.5) is 9.18 Å². The molecule has 6 heteroatoms. The number of hydrogen-bond donors (Lipinski definition) is 0. The second-order valence-electron chi connectivity index (χ2n) is 11.6. The van der Waals surface area contributed by atoms with Crippen molar-refractivity contribution in [2.24, 2.45) is 11.3 Å². The predicted molar refractivity (Wildman–Crippen MR) is 133 cm³/mol. The molecule has 1 aliphatic carbocycles. The summed E-state index contributed by atoms with van der Waals surface area (Å²) < 4.78 is 21.5. The van der Waals surface area contributed by atoms with Crippen LogP contribution in [0, 0.1) is 24.1 Å². The molecule has 0 radical (unpaired) electrons. The molecule has 6 rings (SSSR count). The first-order valence-corrected chi connectivity index (χ1v) is 12.9. The molecule has 2 atom stereocenters. The smallest absolute Gasteiger partial charge is 0.137 e. The summed E-state index contributed by atoms with van der Waals surface area (Å²) in [6, 6.07) is 8.74. The minimum absolute atomic E-state index is 0.0679. The van der Waals surface area contributed by atoms with E-state index < -0.39 is 12.1 Å². The maximum absolute atomic E-state index is 15.6. The zero-order valence-corrected chi connectivity index (χ0v) is 21.4. The first kappa shape index (κ1) is 24.1. The van der Waals surface area contributed by atoms with Crippen molar-refractivity contribution in [1.29, 1.82) is 0 Å². The number of rotatable bonds is 5. The van der Waals surface area contributed by atoms with Gasteiger partial charge in [-0.1, -0.05) is 19.9 Å². The molecule has 2 aromatic carbocycles.